The Morgan fingerprint density at radius 1 is 1.20 bits per heavy atom. The molecule has 0 amide bonds. The number of benzene rings is 1. The lowest BCUT2D eigenvalue weighted by atomic mass is 10.1. The third kappa shape index (κ3) is 2.62. The van der Waals surface area contributed by atoms with Crippen molar-refractivity contribution in [1.82, 2.24) is 4.98 Å². The highest BCUT2D eigenvalue weighted by Gasteiger charge is 1.95. The van der Waals surface area contributed by atoms with Crippen LogP contribution in [-0.2, 0) is 13.0 Å². The van der Waals surface area contributed by atoms with Crippen LogP contribution in [0.4, 0.5) is 5.69 Å². The molecule has 0 saturated carbocycles. The van der Waals surface area contributed by atoms with Gasteiger partial charge in [0.15, 0.2) is 0 Å². The molecule has 1 heterocycles. The van der Waals surface area contributed by atoms with Gasteiger partial charge in [-0.2, -0.15) is 0 Å². The van der Waals surface area contributed by atoms with Crippen LogP contribution in [0.25, 0.3) is 0 Å². The highest BCUT2D eigenvalue weighted by Crippen LogP contribution is 2.11. The van der Waals surface area contributed by atoms with Gasteiger partial charge < -0.3 is 10.3 Å². The van der Waals surface area contributed by atoms with Crippen LogP contribution in [0, 0.1) is 0 Å². The van der Waals surface area contributed by atoms with Gasteiger partial charge in [-0.1, -0.05) is 19.1 Å². The van der Waals surface area contributed by atoms with Crippen LogP contribution in [0.15, 0.2) is 42.6 Å². The van der Waals surface area contributed by atoms with Crippen LogP contribution in [0.1, 0.15) is 18.2 Å². The van der Waals surface area contributed by atoms with E-state index < -0.39 is 0 Å². The van der Waals surface area contributed by atoms with Crippen LogP contribution in [0.3, 0.4) is 0 Å². The first kappa shape index (κ1) is 9.84. The van der Waals surface area contributed by atoms with Gasteiger partial charge in [0, 0.05) is 17.6 Å². The summed E-state index contributed by atoms with van der Waals surface area (Å²) in [6, 6.07) is 12.6. The molecule has 2 rings (SSSR count). The molecular weight excluding hydrogens is 184 g/mol. The number of anilines is 1. The molecule has 0 unspecified atom stereocenters. The topological polar surface area (TPSA) is 27.8 Å². The first-order valence-electron chi connectivity index (χ1n) is 5.33. The van der Waals surface area contributed by atoms with E-state index in [-0.39, 0.29) is 0 Å². The molecule has 1 aromatic heterocycles. The SMILES string of the molecule is CCc1cccc(NCc2ccc[nH]2)c1. The first-order chi connectivity index (χ1) is 7.38. The third-order valence-electron chi connectivity index (χ3n) is 2.48. The minimum Gasteiger partial charge on any atom is -0.379 e. The van der Waals surface area contributed by atoms with Crippen molar-refractivity contribution in [2.75, 3.05) is 5.32 Å². The number of aromatic amines is 1. The van der Waals surface area contributed by atoms with Gasteiger partial charge in [0.2, 0.25) is 0 Å². The van der Waals surface area contributed by atoms with E-state index in [1.807, 2.05) is 12.3 Å². The molecule has 0 fully saturated rings. The van der Waals surface area contributed by atoms with E-state index >= 15 is 0 Å². The van der Waals surface area contributed by atoms with Gasteiger partial charge in [0.25, 0.3) is 0 Å². The lowest BCUT2D eigenvalue weighted by molar-refractivity contribution is 1.07. The fourth-order valence-corrected chi connectivity index (χ4v) is 1.58. The van der Waals surface area contributed by atoms with Crippen molar-refractivity contribution in [2.45, 2.75) is 19.9 Å². The Morgan fingerprint density at radius 3 is 2.87 bits per heavy atom. The van der Waals surface area contributed by atoms with Gasteiger partial charge in [-0.3, -0.25) is 0 Å². The number of H-pyrrole nitrogens is 1. The second kappa shape index (κ2) is 4.69. The Hall–Kier alpha value is -1.70. The van der Waals surface area contributed by atoms with Crippen LogP contribution < -0.4 is 5.32 Å². The van der Waals surface area contributed by atoms with Gasteiger partial charge in [0.05, 0.1) is 6.54 Å². The van der Waals surface area contributed by atoms with Crippen molar-refractivity contribution in [3.05, 3.63) is 53.9 Å². The fraction of sp³-hybridized carbons (Fsp3) is 0.231. The first-order valence-corrected chi connectivity index (χ1v) is 5.33. The van der Waals surface area contributed by atoms with E-state index in [1.54, 1.807) is 0 Å². The largest absolute Gasteiger partial charge is 0.379 e. The normalized spacial score (nSPS) is 10.2. The summed E-state index contributed by atoms with van der Waals surface area (Å²) < 4.78 is 0. The van der Waals surface area contributed by atoms with Gasteiger partial charge in [-0.15, -0.1) is 0 Å². The number of aryl methyl sites for hydroxylation is 1. The van der Waals surface area contributed by atoms with Crippen molar-refractivity contribution in [3.63, 3.8) is 0 Å². The molecule has 0 spiro atoms. The van der Waals surface area contributed by atoms with Crippen LogP contribution >= 0.6 is 0 Å². The molecule has 2 N–H and O–H groups in total. The number of rotatable bonds is 4. The lowest BCUT2D eigenvalue weighted by Crippen LogP contribution is -1.99. The second-order valence-corrected chi connectivity index (χ2v) is 3.60. The molecule has 0 aliphatic rings. The summed E-state index contributed by atoms with van der Waals surface area (Å²) in [7, 11) is 0. The summed E-state index contributed by atoms with van der Waals surface area (Å²) in [6.07, 6.45) is 3.03. The average Bonchev–Trinajstić information content (AvgIpc) is 2.79. The Bertz CT molecular complexity index is 404. The van der Waals surface area contributed by atoms with E-state index in [4.69, 9.17) is 0 Å². The van der Waals surface area contributed by atoms with Crippen molar-refractivity contribution < 1.29 is 0 Å². The smallest absolute Gasteiger partial charge is 0.0551 e. The predicted molar refractivity (Wildman–Crippen MR) is 63.9 cm³/mol. The number of hydrogen-bond acceptors (Lipinski definition) is 1. The van der Waals surface area contributed by atoms with E-state index in [9.17, 15) is 0 Å². The fourth-order valence-electron chi connectivity index (χ4n) is 1.58. The van der Waals surface area contributed by atoms with Gasteiger partial charge in [-0.25, -0.2) is 0 Å². The molecule has 2 nitrogen and oxygen atoms in total. The van der Waals surface area contributed by atoms with E-state index in [0.29, 0.717) is 0 Å². The maximum Gasteiger partial charge on any atom is 0.0551 e. The summed E-state index contributed by atoms with van der Waals surface area (Å²) in [4.78, 5) is 3.17. The maximum atomic E-state index is 3.39. The molecule has 0 saturated heterocycles. The molecule has 2 heteroatoms. The Labute approximate surface area is 90.3 Å². The lowest BCUT2D eigenvalue weighted by Gasteiger charge is -2.06. The molecule has 2 aromatic rings. The summed E-state index contributed by atoms with van der Waals surface area (Å²) in [5.74, 6) is 0. The molecule has 0 bridgehead atoms. The van der Waals surface area contributed by atoms with Crippen molar-refractivity contribution in [3.8, 4) is 0 Å². The quantitative estimate of drug-likeness (QED) is 0.779. The van der Waals surface area contributed by atoms with Crippen molar-refractivity contribution in [1.29, 1.82) is 0 Å². The molecule has 0 aliphatic heterocycles. The van der Waals surface area contributed by atoms with Crippen molar-refractivity contribution >= 4 is 5.69 Å². The standard InChI is InChI=1S/C13H16N2/c1-2-11-5-3-6-12(9-11)15-10-13-7-4-8-14-13/h3-9,14-15H,2,10H2,1H3. The van der Waals surface area contributed by atoms with E-state index in [1.165, 1.54) is 16.9 Å². The summed E-state index contributed by atoms with van der Waals surface area (Å²) in [5, 5.41) is 3.39. The number of nitrogens with one attached hydrogen (secondary N) is 2. The van der Waals surface area contributed by atoms with Gasteiger partial charge in [0.1, 0.15) is 0 Å². The molecular formula is C13H16N2. The van der Waals surface area contributed by atoms with Crippen molar-refractivity contribution in [2.24, 2.45) is 0 Å². The number of hydrogen-bond donors (Lipinski definition) is 2. The Balaban J connectivity index is 1.98. The monoisotopic (exact) mass is 200 g/mol. The summed E-state index contributed by atoms with van der Waals surface area (Å²) in [5.41, 5.74) is 3.76. The maximum absolute atomic E-state index is 3.39. The minimum atomic E-state index is 0.847. The molecule has 0 radical (unpaired) electrons. The van der Waals surface area contributed by atoms with Gasteiger partial charge in [-0.05, 0) is 36.2 Å². The van der Waals surface area contributed by atoms with E-state index in [2.05, 4.69) is 47.6 Å². The molecule has 1 aromatic carbocycles. The summed E-state index contributed by atoms with van der Waals surface area (Å²) >= 11 is 0. The number of aromatic nitrogens is 1. The van der Waals surface area contributed by atoms with E-state index in [0.717, 1.165) is 13.0 Å². The second-order valence-electron chi connectivity index (χ2n) is 3.60. The average molecular weight is 200 g/mol. The highest BCUT2D eigenvalue weighted by atomic mass is 14.9. The zero-order valence-corrected chi connectivity index (χ0v) is 8.96. The van der Waals surface area contributed by atoms with Crippen LogP contribution in [0.5, 0.6) is 0 Å². The van der Waals surface area contributed by atoms with Crippen LogP contribution in [0.2, 0.25) is 0 Å². The van der Waals surface area contributed by atoms with Crippen LogP contribution in [-0.4, -0.2) is 4.98 Å². The Morgan fingerprint density at radius 2 is 2.13 bits per heavy atom. The Kier molecular flexibility index (Phi) is 3.08. The molecule has 0 aliphatic carbocycles. The molecule has 78 valence electrons. The minimum absolute atomic E-state index is 0.847. The third-order valence-corrected chi connectivity index (χ3v) is 2.48. The highest BCUT2D eigenvalue weighted by molar-refractivity contribution is 5.45. The molecule has 15 heavy (non-hydrogen) atoms. The predicted octanol–water partition coefficient (Wildman–Crippen LogP) is 3.19. The zero-order chi connectivity index (χ0) is 10.5. The van der Waals surface area contributed by atoms with Gasteiger partial charge >= 0.3 is 0 Å². The zero-order valence-electron chi connectivity index (χ0n) is 8.96. The summed E-state index contributed by atoms with van der Waals surface area (Å²) in [6.45, 7) is 3.02. The molecule has 0 atom stereocenters.